The molecule has 0 saturated carbocycles. The number of rotatable bonds is 1. The van der Waals surface area contributed by atoms with Crippen molar-refractivity contribution >= 4 is 48.7 Å². The third-order valence-electron chi connectivity index (χ3n) is 3.65. The van der Waals surface area contributed by atoms with Gasteiger partial charge in [0.1, 0.15) is 0 Å². The Morgan fingerprint density at radius 1 is 1.11 bits per heavy atom. The Morgan fingerprint density at radius 2 is 1.95 bits per heavy atom. The Balaban J connectivity index is 2.33. The van der Waals surface area contributed by atoms with Crippen LogP contribution in [0.25, 0.3) is 31.1 Å². The lowest BCUT2D eigenvalue weighted by molar-refractivity contribution is 0.112. The highest BCUT2D eigenvalue weighted by Gasteiger charge is 2.13. The van der Waals surface area contributed by atoms with Crippen LogP contribution in [0.5, 0.6) is 0 Å². The van der Waals surface area contributed by atoms with Crippen LogP contribution in [0.4, 0.5) is 0 Å². The standard InChI is InChI=1S/C16H11NOS/c1-17-8-10(9-18)15-13(17)7-6-12-11-4-2-3-5-14(11)19-16(12)15/h2-9H,1H3. The molecule has 3 heteroatoms. The number of carbonyl (C=O) groups excluding carboxylic acids is 1. The zero-order valence-corrected chi connectivity index (χ0v) is 11.2. The highest BCUT2D eigenvalue weighted by Crippen LogP contribution is 2.39. The maximum Gasteiger partial charge on any atom is 0.152 e. The number of aromatic nitrogens is 1. The van der Waals surface area contributed by atoms with E-state index in [1.165, 1.54) is 20.2 Å². The summed E-state index contributed by atoms with van der Waals surface area (Å²) in [5.41, 5.74) is 1.89. The molecule has 0 saturated heterocycles. The minimum Gasteiger partial charge on any atom is -0.350 e. The number of hydrogen-bond donors (Lipinski definition) is 0. The molecule has 0 radical (unpaired) electrons. The lowest BCUT2D eigenvalue weighted by atomic mass is 10.1. The van der Waals surface area contributed by atoms with E-state index < -0.39 is 0 Å². The van der Waals surface area contributed by atoms with Gasteiger partial charge in [-0.2, -0.15) is 0 Å². The van der Waals surface area contributed by atoms with Crippen molar-refractivity contribution < 1.29 is 4.79 Å². The lowest BCUT2D eigenvalue weighted by Gasteiger charge is -1.97. The van der Waals surface area contributed by atoms with Crippen LogP contribution in [0.1, 0.15) is 10.4 Å². The van der Waals surface area contributed by atoms with Crippen LogP contribution in [-0.4, -0.2) is 10.9 Å². The molecule has 2 aromatic carbocycles. The lowest BCUT2D eigenvalue weighted by Crippen LogP contribution is -1.82. The molecule has 0 amide bonds. The largest absolute Gasteiger partial charge is 0.350 e. The minimum absolute atomic E-state index is 0.773. The smallest absolute Gasteiger partial charge is 0.152 e. The van der Waals surface area contributed by atoms with Crippen molar-refractivity contribution in [1.82, 2.24) is 4.57 Å². The second-order valence-corrected chi connectivity index (χ2v) is 5.80. The number of carbonyl (C=O) groups is 1. The summed E-state index contributed by atoms with van der Waals surface area (Å²) in [5.74, 6) is 0. The maximum absolute atomic E-state index is 11.3. The topological polar surface area (TPSA) is 22.0 Å². The van der Waals surface area contributed by atoms with Crippen molar-refractivity contribution in [3.63, 3.8) is 0 Å². The van der Waals surface area contributed by atoms with Crippen molar-refractivity contribution in [2.24, 2.45) is 7.05 Å². The van der Waals surface area contributed by atoms with Gasteiger partial charge in [0.25, 0.3) is 0 Å². The quantitative estimate of drug-likeness (QED) is 0.469. The van der Waals surface area contributed by atoms with Crippen molar-refractivity contribution in [3.8, 4) is 0 Å². The predicted octanol–water partition coefficient (Wildman–Crippen LogP) is 4.36. The van der Waals surface area contributed by atoms with Gasteiger partial charge in [-0.15, -0.1) is 11.3 Å². The molecule has 0 spiro atoms. The second-order valence-electron chi connectivity index (χ2n) is 4.75. The van der Waals surface area contributed by atoms with E-state index in [4.69, 9.17) is 0 Å². The van der Waals surface area contributed by atoms with Crippen molar-refractivity contribution in [1.29, 1.82) is 0 Å². The molecule has 2 aromatic heterocycles. The maximum atomic E-state index is 11.3. The average molecular weight is 265 g/mol. The fraction of sp³-hybridized carbons (Fsp3) is 0.0625. The van der Waals surface area contributed by atoms with Crippen LogP contribution in [0, 0.1) is 0 Å². The summed E-state index contributed by atoms with van der Waals surface area (Å²) in [6, 6.07) is 12.7. The third kappa shape index (κ3) is 1.33. The number of nitrogens with zero attached hydrogens (tertiary/aromatic N) is 1. The van der Waals surface area contributed by atoms with E-state index in [0.717, 1.165) is 22.8 Å². The van der Waals surface area contributed by atoms with Gasteiger partial charge in [-0.3, -0.25) is 4.79 Å². The Morgan fingerprint density at radius 3 is 2.79 bits per heavy atom. The van der Waals surface area contributed by atoms with E-state index in [1.807, 2.05) is 17.8 Å². The second kappa shape index (κ2) is 3.68. The van der Waals surface area contributed by atoms with Crippen LogP contribution < -0.4 is 0 Å². The molecule has 0 atom stereocenters. The van der Waals surface area contributed by atoms with Gasteiger partial charge in [0.2, 0.25) is 0 Å². The summed E-state index contributed by atoms with van der Waals surface area (Å²) in [6.07, 6.45) is 2.85. The van der Waals surface area contributed by atoms with Crippen LogP contribution >= 0.6 is 11.3 Å². The first kappa shape index (κ1) is 10.8. The number of benzene rings is 2. The molecule has 0 fully saturated rings. The molecular weight excluding hydrogens is 254 g/mol. The van der Waals surface area contributed by atoms with Gasteiger partial charge in [0.15, 0.2) is 6.29 Å². The fourth-order valence-electron chi connectivity index (χ4n) is 2.78. The van der Waals surface area contributed by atoms with Crippen molar-refractivity contribution in [2.75, 3.05) is 0 Å². The zero-order chi connectivity index (χ0) is 13.0. The van der Waals surface area contributed by atoms with Gasteiger partial charge in [0.05, 0.1) is 0 Å². The summed E-state index contributed by atoms with van der Waals surface area (Å²) in [6.45, 7) is 0. The van der Waals surface area contributed by atoms with Crippen LogP contribution in [0.2, 0.25) is 0 Å². The normalized spacial score (nSPS) is 11.6. The molecule has 0 aliphatic rings. The molecule has 19 heavy (non-hydrogen) atoms. The molecule has 0 N–H and O–H groups in total. The summed E-state index contributed by atoms with van der Waals surface area (Å²) < 4.78 is 4.50. The molecule has 0 bridgehead atoms. The number of fused-ring (bicyclic) bond motifs is 5. The Hall–Kier alpha value is -2.13. The number of aryl methyl sites for hydroxylation is 1. The van der Waals surface area contributed by atoms with Crippen LogP contribution in [-0.2, 0) is 7.05 Å². The van der Waals surface area contributed by atoms with Gasteiger partial charge in [0, 0.05) is 49.9 Å². The number of thiophene rings is 1. The fourth-order valence-corrected chi connectivity index (χ4v) is 4.05. The number of hydrogen-bond acceptors (Lipinski definition) is 2. The molecule has 0 aliphatic heterocycles. The van der Waals surface area contributed by atoms with Crippen molar-refractivity contribution in [2.45, 2.75) is 0 Å². The van der Waals surface area contributed by atoms with Crippen molar-refractivity contribution in [3.05, 3.63) is 48.2 Å². The first-order valence-electron chi connectivity index (χ1n) is 6.14. The third-order valence-corrected chi connectivity index (χ3v) is 4.86. The van der Waals surface area contributed by atoms with E-state index in [1.54, 1.807) is 11.3 Å². The van der Waals surface area contributed by atoms with Crippen LogP contribution in [0.15, 0.2) is 42.6 Å². The molecular formula is C16H11NOS. The number of aldehydes is 1. The summed E-state index contributed by atoms with van der Waals surface area (Å²) in [5, 5.41) is 3.59. The Kier molecular flexibility index (Phi) is 2.09. The van der Waals surface area contributed by atoms with Gasteiger partial charge in [-0.05, 0) is 12.1 Å². The first-order chi connectivity index (χ1) is 9.29. The molecule has 4 aromatic rings. The average Bonchev–Trinajstić information content (AvgIpc) is 2.96. The molecule has 0 unspecified atom stereocenters. The predicted molar refractivity (Wildman–Crippen MR) is 81.2 cm³/mol. The molecule has 2 heterocycles. The molecule has 92 valence electrons. The summed E-state index contributed by atoms with van der Waals surface area (Å²) in [4.78, 5) is 11.3. The van der Waals surface area contributed by atoms with E-state index in [9.17, 15) is 4.79 Å². The van der Waals surface area contributed by atoms with E-state index in [2.05, 4.69) is 36.4 Å². The van der Waals surface area contributed by atoms with E-state index >= 15 is 0 Å². The first-order valence-corrected chi connectivity index (χ1v) is 6.95. The molecule has 0 aliphatic carbocycles. The highest BCUT2D eigenvalue weighted by molar-refractivity contribution is 7.26. The summed E-state index contributed by atoms with van der Waals surface area (Å²) >= 11 is 1.76. The Bertz CT molecular complexity index is 946. The van der Waals surface area contributed by atoms with Crippen LogP contribution in [0.3, 0.4) is 0 Å². The SMILES string of the molecule is Cn1cc(C=O)c2c3sc4ccccc4c3ccc21. The molecule has 2 nitrogen and oxygen atoms in total. The highest BCUT2D eigenvalue weighted by atomic mass is 32.1. The van der Waals surface area contributed by atoms with Gasteiger partial charge >= 0.3 is 0 Å². The molecule has 4 rings (SSSR count). The van der Waals surface area contributed by atoms with E-state index in [0.29, 0.717) is 0 Å². The summed E-state index contributed by atoms with van der Waals surface area (Å²) in [7, 11) is 1.98. The van der Waals surface area contributed by atoms with Gasteiger partial charge in [-0.1, -0.05) is 24.3 Å². The zero-order valence-electron chi connectivity index (χ0n) is 10.4. The minimum atomic E-state index is 0.773. The van der Waals surface area contributed by atoms with Gasteiger partial charge in [-0.25, -0.2) is 0 Å². The Labute approximate surface area is 113 Å². The van der Waals surface area contributed by atoms with Gasteiger partial charge < -0.3 is 4.57 Å². The monoisotopic (exact) mass is 265 g/mol. The van der Waals surface area contributed by atoms with E-state index in [-0.39, 0.29) is 0 Å².